The maximum absolute atomic E-state index is 12.1. The van der Waals surface area contributed by atoms with Crippen molar-refractivity contribution in [1.82, 2.24) is 9.62 Å². The molecule has 1 saturated carbocycles. The fourth-order valence-corrected chi connectivity index (χ4v) is 4.25. The zero-order chi connectivity index (χ0) is 15.8. The van der Waals surface area contributed by atoms with E-state index in [1.54, 1.807) is 5.38 Å². The summed E-state index contributed by atoms with van der Waals surface area (Å²) in [7, 11) is -0.867. The molecule has 0 atom stereocenters. The quantitative estimate of drug-likeness (QED) is 0.821. The fraction of sp³-hybridized carbons (Fsp3) is 0.500. The molecule has 1 aliphatic carbocycles. The van der Waals surface area contributed by atoms with Crippen LogP contribution < -0.4 is 5.32 Å². The normalized spacial score (nSPS) is 21.9. The summed E-state index contributed by atoms with van der Waals surface area (Å²) in [5.41, 5.74) is 0. The van der Waals surface area contributed by atoms with Gasteiger partial charge in [0.1, 0.15) is 9.77 Å². The van der Waals surface area contributed by atoms with Crippen LogP contribution in [-0.2, 0) is 14.8 Å². The van der Waals surface area contributed by atoms with E-state index in [1.807, 2.05) is 0 Å². The molecule has 0 radical (unpaired) electrons. The van der Waals surface area contributed by atoms with Gasteiger partial charge in [0.05, 0.1) is 5.92 Å². The number of hydrogen-bond donors (Lipinski definition) is 2. The molecule has 1 aliphatic rings. The number of carbonyl (C=O) groups excluding carboxylic acids is 1. The highest BCUT2D eigenvalue weighted by Crippen LogP contribution is 2.29. The predicted molar refractivity (Wildman–Crippen MR) is 76.8 cm³/mol. The van der Waals surface area contributed by atoms with Crippen LogP contribution in [0.5, 0.6) is 0 Å². The standard InChI is InChI=1S/C12H16N2O5S2/c1-14(2)21(18,19)9-3-4-20-10(9)11(15)13-8-5-7(6-8)12(16)17/h3-4,7-8H,5-6H2,1-2H3,(H,13,15)(H,16,17). The van der Waals surface area contributed by atoms with E-state index in [0.29, 0.717) is 12.8 Å². The molecule has 0 bridgehead atoms. The molecular weight excluding hydrogens is 316 g/mol. The maximum Gasteiger partial charge on any atom is 0.306 e. The van der Waals surface area contributed by atoms with Crippen LogP contribution in [0.15, 0.2) is 16.3 Å². The second-order valence-electron chi connectivity index (χ2n) is 5.08. The zero-order valence-corrected chi connectivity index (χ0v) is 13.2. The van der Waals surface area contributed by atoms with E-state index in [0.717, 1.165) is 15.6 Å². The Morgan fingerprint density at radius 2 is 2.00 bits per heavy atom. The number of nitrogens with one attached hydrogen (secondary N) is 1. The molecule has 0 unspecified atom stereocenters. The first-order valence-electron chi connectivity index (χ1n) is 6.27. The zero-order valence-electron chi connectivity index (χ0n) is 11.6. The Morgan fingerprint density at radius 1 is 1.38 bits per heavy atom. The van der Waals surface area contributed by atoms with Crippen molar-refractivity contribution >= 4 is 33.2 Å². The SMILES string of the molecule is CN(C)S(=O)(=O)c1ccsc1C(=O)NC1CC(C(=O)O)C1. The number of sulfonamides is 1. The lowest BCUT2D eigenvalue weighted by Gasteiger charge is -2.32. The van der Waals surface area contributed by atoms with E-state index in [9.17, 15) is 18.0 Å². The minimum absolute atomic E-state index is 0.0240. The number of nitrogens with zero attached hydrogens (tertiary/aromatic N) is 1. The Morgan fingerprint density at radius 3 is 2.52 bits per heavy atom. The Labute approximate surface area is 126 Å². The van der Waals surface area contributed by atoms with Gasteiger partial charge in [-0.05, 0) is 24.3 Å². The lowest BCUT2D eigenvalue weighted by Crippen LogP contribution is -2.46. The first-order chi connectivity index (χ1) is 9.73. The van der Waals surface area contributed by atoms with Gasteiger partial charge in [-0.25, -0.2) is 12.7 Å². The van der Waals surface area contributed by atoms with Gasteiger partial charge < -0.3 is 10.4 Å². The van der Waals surface area contributed by atoms with Crippen molar-refractivity contribution in [3.05, 3.63) is 16.3 Å². The third-order valence-corrected chi connectivity index (χ3v) is 6.32. The van der Waals surface area contributed by atoms with Gasteiger partial charge >= 0.3 is 5.97 Å². The average molecular weight is 332 g/mol. The number of carboxylic acids is 1. The highest BCUT2D eigenvalue weighted by molar-refractivity contribution is 7.89. The molecule has 1 heterocycles. The van der Waals surface area contributed by atoms with E-state index in [2.05, 4.69) is 5.32 Å². The smallest absolute Gasteiger partial charge is 0.306 e. The molecule has 0 aromatic carbocycles. The Bertz CT molecular complexity index is 659. The molecule has 0 spiro atoms. The Kier molecular flexibility index (Phi) is 4.35. The van der Waals surface area contributed by atoms with Crippen molar-refractivity contribution in [3.63, 3.8) is 0 Å². The summed E-state index contributed by atoms with van der Waals surface area (Å²) >= 11 is 1.05. The molecule has 0 aliphatic heterocycles. The van der Waals surface area contributed by atoms with Crippen LogP contribution in [0.25, 0.3) is 0 Å². The van der Waals surface area contributed by atoms with Crippen molar-refractivity contribution in [2.75, 3.05) is 14.1 Å². The topological polar surface area (TPSA) is 104 Å². The molecule has 7 nitrogen and oxygen atoms in total. The van der Waals surface area contributed by atoms with E-state index in [4.69, 9.17) is 5.11 Å². The van der Waals surface area contributed by atoms with Gasteiger partial charge in [-0.3, -0.25) is 9.59 Å². The van der Waals surface area contributed by atoms with E-state index >= 15 is 0 Å². The summed E-state index contributed by atoms with van der Waals surface area (Å²) in [5, 5.41) is 13.0. The summed E-state index contributed by atoms with van der Waals surface area (Å²) in [6.07, 6.45) is 0.754. The van der Waals surface area contributed by atoms with Crippen LogP contribution in [0, 0.1) is 5.92 Å². The van der Waals surface area contributed by atoms with Gasteiger partial charge in [0.2, 0.25) is 10.0 Å². The average Bonchev–Trinajstić information content (AvgIpc) is 2.81. The highest BCUT2D eigenvalue weighted by Gasteiger charge is 2.36. The minimum Gasteiger partial charge on any atom is -0.481 e. The van der Waals surface area contributed by atoms with Crippen LogP contribution in [-0.4, -0.2) is 49.8 Å². The summed E-state index contributed by atoms with van der Waals surface area (Å²) in [4.78, 5) is 23.0. The number of carbonyl (C=O) groups is 2. The van der Waals surface area contributed by atoms with E-state index in [-0.39, 0.29) is 15.8 Å². The van der Waals surface area contributed by atoms with Crippen LogP contribution >= 0.6 is 11.3 Å². The largest absolute Gasteiger partial charge is 0.481 e. The first kappa shape index (κ1) is 15.9. The van der Waals surface area contributed by atoms with Crippen molar-refractivity contribution in [1.29, 1.82) is 0 Å². The van der Waals surface area contributed by atoms with Gasteiger partial charge in [0, 0.05) is 20.1 Å². The first-order valence-corrected chi connectivity index (χ1v) is 8.59. The monoisotopic (exact) mass is 332 g/mol. The van der Waals surface area contributed by atoms with Gasteiger partial charge in [-0.2, -0.15) is 0 Å². The fourth-order valence-electron chi connectivity index (χ4n) is 2.05. The highest BCUT2D eigenvalue weighted by atomic mass is 32.2. The number of carboxylic acid groups (broad SMARTS) is 1. The molecule has 2 N–H and O–H groups in total. The molecule has 1 fully saturated rings. The molecule has 1 aromatic heterocycles. The number of aliphatic carboxylic acids is 1. The third-order valence-electron chi connectivity index (χ3n) is 3.42. The van der Waals surface area contributed by atoms with E-state index in [1.165, 1.54) is 20.2 Å². The number of amides is 1. The molecule has 0 saturated heterocycles. The van der Waals surface area contributed by atoms with Gasteiger partial charge in [-0.1, -0.05) is 0 Å². The third kappa shape index (κ3) is 3.09. The molecule has 1 aromatic rings. The number of rotatable bonds is 5. The molecule has 116 valence electrons. The Balaban J connectivity index is 2.09. The molecule has 9 heteroatoms. The second kappa shape index (κ2) is 5.74. The van der Waals surface area contributed by atoms with Gasteiger partial charge in [0.25, 0.3) is 5.91 Å². The summed E-state index contributed by atoms with van der Waals surface area (Å²) in [6, 6.07) is 1.19. The molecule has 21 heavy (non-hydrogen) atoms. The van der Waals surface area contributed by atoms with Gasteiger partial charge in [-0.15, -0.1) is 11.3 Å². The van der Waals surface area contributed by atoms with Crippen molar-refractivity contribution < 1.29 is 23.1 Å². The second-order valence-corrected chi connectivity index (χ2v) is 8.11. The minimum atomic E-state index is -3.67. The maximum atomic E-state index is 12.1. The summed E-state index contributed by atoms with van der Waals surface area (Å²) in [5.74, 6) is -1.77. The lowest BCUT2D eigenvalue weighted by molar-refractivity contribution is -0.145. The van der Waals surface area contributed by atoms with Crippen molar-refractivity contribution in [2.45, 2.75) is 23.8 Å². The van der Waals surface area contributed by atoms with Crippen LogP contribution in [0.2, 0.25) is 0 Å². The number of hydrogen-bond acceptors (Lipinski definition) is 5. The van der Waals surface area contributed by atoms with E-state index < -0.39 is 27.8 Å². The van der Waals surface area contributed by atoms with Gasteiger partial charge in [0.15, 0.2) is 0 Å². The summed E-state index contributed by atoms with van der Waals surface area (Å²) < 4.78 is 25.3. The van der Waals surface area contributed by atoms with Crippen LogP contribution in [0.4, 0.5) is 0 Å². The van der Waals surface area contributed by atoms with Crippen molar-refractivity contribution in [2.24, 2.45) is 5.92 Å². The predicted octanol–water partition coefficient (Wildman–Crippen LogP) is 0.591. The lowest BCUT2D eigenvalue weighted by atomic mass is 9.80. The molecule has 2 rings (SSSR count). The van der Waals surface area contributed by atoms with Crippen LogP contribution in [0.1, 0.15) is 22.5 Å². The van der Waals surface area contributed by atoms with Crippen LogP contribution in [0.3, 0.4) is 0 Å². The molecular formula is C12H16N2O5S2. The molecule has 1 amide bonds. The summed E-state index contributed by atoms with van der Waals surface area (Å²) in [6.45, 7) is 0. The van der Waals surface area contributed by atoms with Crippen molar-refractivity contribution in [3.8, 4) is 0 Å². The Hall–Kier alpha value is -1.45. The number of thiophene rings is 1.